The average Bonchev–Trinajstić information content (AvgIpc) is 3.25. The van der Waals surface area contributed by atoms with Crippen LogP contribution in [0.1, 0.15) is 36.3 Å². The smallest absolute Gasteiger partial charge is 0.125 e. The first-order chi connectivity index (χ1) is 14.4. The van der Waals surface area contributed by atoms with Crippen molar-refractivity contribution in [2.45, 2.75) is 37.8 Å². The van der Waals surface area contributed by atoms with Crippen LogP contribution in [0.2, 0.25) is 0 Å². The highest BCUT2D eigenvalue weighted by atomic mass is 16.6. The van der Waals surface area contributed by atoms with Crippen molar-refractivity contribution in [1.29, 1.82) is 0 Å². The third kappa shape index (κ3) is 4.70. The molecule has 1 aliphatic carbocycles. The summed E-state index contributed by atoms with van der Waals surface area (Å²) in [4.78, 5) is 2.65. The second-order valence-electron chi connectivity index (χ2n) is 7.79. The van der Waals surface area contributed by atoms with Crippen LogP contribution in [0.4, 0.5) is 5.69 Å². The average molecular weight is 401 g/mol. The van der Waals surface area contributed by atoms with Crippen LogP contribution in [0.15, 0.2) is 12.1 Å². The third-order valence-electron chi connectivity index (χ3n) is 6.06. The molecule has 1 aromatic rings. The monoisotopic (exact) mass is 400 g/mol. The summed E-state index contributed by atoms with van der Waals surface area (Å²) in [6.45, 7) is 6.72. The molecule has 158 valence electrons. The van der Waals surface area contributed by atoms with Crippen LogP contribution in [0.25, 0.3) is 0 Å². The van der Waals surface area contributed by atoms with E-state index in [1.807, 2.05) is 0 Å². The maximum absolute atomic E-state index is 6.19. The highest BCUT2D eigenvalue weighted by Gasteiger charge is 2.44. The van der Waals surface area contributed by atoms with Crippen LogP contribution in [0.3, 0.4) is 0 Å². The van der Waals surface area contributed by atoms with Crippen molar-refractivity contribution in [1.82, 2.24) is 5.32 Å². The Bertz CT molecular complexity index is 718. The number of nitrogens with one attached hydrogen (secondary N) is 1. The second kappa shape index (κ2) is 10.3. The maximum Gasteiger partial charge on any atom is 0.125 e. The molecule has 29 heavy (non-hydrogen) atoms. The van der Waals surface area contributed by atoms with E-state index in [9.17, 15) is 0 Å². The van der Waals surface area contributed by atoms with E-state index in [1.54, 1.807) is 0 Å². The summed E-state index contributed by atoms with van der Waals surface area (Å²) in [7, 11) is 0. The molecule has 1 aromatic carbocycles. The van der Waals surface area contributed by atoms with Gasteiger partial charge in [-0.3, -0.25) is 0 Å². The molecule has 0 spiro atoms. The molecule has 2 unspecified atom stereocenters. The van der Waals surface area contributed by atoms with Gasteiger partial charge in [-0.15, -0.1) is 6.42 Å². The number of fused-ring (bicyclic) bond motifs is 3. The van der Waals surface area contributed by atoms with Crippen LogP contribution < -0.4 is 15.0 Å². The van der Waals surface area contributed by atoms with Crippen molar-refractivity contribution in [3.05, 3.63) is 23.3 Å². The summed E-state index contributed by atoms with van der Waals surface area (Å²) in [5.74, 6) is 4.11. The summed E-state index contributed by atoms with van der Waals surface area (Å²) < 4.78 is 22.4. The zero-order valence-corrected chi connectivity index (χ0v) is 17.2. The first-order valence-corrected chi connectivity index (χ1v) is 10.8. The largest absolute Gasteiger partial charge is 0.491 e. The van der Waals surface area contributed by atoms with E-state index >= 15 is 0 Å². The minimum atomic E-state index is 0.331. The van der Waals surface area contributed by atoms with Crippen molar-refractivity contribution >= 4 is 5.69 Å². The maximum atomic E-state index is 6.19. The lowest BCUT2D eigenvalue weighted by Gasteiger charge is -2.26. The van der Waals surface area contributed by atoms with Gasteiger partial charge in [0, 0.05) is 42.8 Å². The molecule has 2 heterocycles. The standard InChI is InChI=1S/C23H32N2O4/c1-2-10-26-11-12-27-13-14-28-15-16-29-21-7-6-18-17-24-8-9-25-20-5-3-4-19(20)22(21)23(18)25/h1,6-7,19-20,24H,3-5,8-17H2. The lowest BCUT2D eigenvalue weighted by Crippen LogP contribution is -2.35. The van der Waals surface area contributed by atoms with Crippen LogP contribution in [-0.2, 0) is 20.8 Å². The summed E-state index contributed by atoms with van der Waals surface area (Å²) in [5.41, 5.74) is 4.31. The molecular weight excluding hydrogens is 368 g/mol. The number of nitrogens with zero attached hydrogens (tertiary/aromatic N) is 1. The molecule has 0 radical (unpaired) electrons. The van der Waals surface area contributed by atoms with E-state index in [1.165, 1.54) is 36.1 Å². The predicted octanol–water partition coefficient (Wildman–Crippen LogP) is 2.31. The lowest BCUT2D eigenvalue weighted by molar-refractivity contribution is 0.0141. The van der Waals surface area contributed by atoms with Gasteiger partial charge in [0.15, 0.2) is 0 Å². The Kier molecular flexibility index (Phi) is 7.28. The fourth-order valence-corrected chi connectivity index (χ4v) is 4.90. The summed E-state index contributed by atoms with van der Waals surface area (Å²) >= 11 is 0. The molecule has 2 atom stereocenters. The predicted molar refractivity (Wildman–Crippen MR) is 113 cm³/mol. The number of hydrogen-bond donors (Lipinski definition) is 1. The summed E-state index contributed by atoms with van der Waals surface area (Å²) in [6, 6.07) is 5.06. The van der Waals surface area contributed by atoms with Gasteiger partial charge in [-0.2, -0.15) is 0 Å². The fraction of sp³-hybridized carbons (Fsp3) is 0.652. The molecule has 0 saturated heterocycles. The van der Waals surface area contributed by atoms with Gasteiger partial charge in [0.25, 0.3) is 0 Å². The van der Waals surface area contributed by atoms with E-state index in [0.29, 0.717) is 58.2 Å². The van der Waals surface area contributed by atoms with Crippen molar-refractivity contribution < 1.29 is 18.9 Å². The van der Waals surface area contributed by atoms with Crippen molar-refractivity contribution in [2.75, 3.05) is 64.2 Å². The second-order valence-corrected chi connectivity index (χ2v) is 7.79. The van der Waals surface area contributed by atoms with Gasteiger partial charge >= 0.3 is 0 Å². The first kappa shape index (κ1) is 20.5. The van der Waals surface area contributed by atoms with Gasteiger partial charge in [-0.05, 0) is 24.5 Å². The molecule has 4 rings (SSSR count). The minimum Gasteiger partial charge on any atom is -0.491 e. The van der Waals surface area contributed by atoms with E-state index in [2.05, 4.69) is 28.3 Å². The number of hydrogen-bond acceptors (Lipinski definition) is 6. The molecule has 1 saturated carbocycles. The Morgan fingerprint density at radius 2 is 1.83 bits per heavy atom. The third-order valence-corrected chi connectivity index (χ3v) is 6.06. The Hall–Kier alpha value is -1.78. The molecule has 2 aliphatic heterocycles. The number of terminal acetylenes is 1. The molecule has 6 heteroatoms. The van der Waals surface area contributed by atoms with Crippen molar-refractivity contribution in [3.8, 4) is 18.1 Å². The zero-order valence-electron chi connectivity index (χ0n) is 17.2. The van der Waals surface area contributed by atoms with Crippen LogP contribution in [0.5, 0.6) is 5.75 Å². The van der Waals surface area contributed by atoms with Gasteiger partial charge in [0.2, 0.25) is 0 Å². The zero-order chi connectivity index (χ0) is 19.9. The van der Waals surface area contributed by atoms with E-state index in [-0.39, 0.29) is 0 Å². The van der Waals surface area contributed by atoms with Gasteiger partial charge in [-0.1, -0.05) is 18.4 Å². The number of ether oxygens (including phenoxy) is 4. The van der Waals surface area contributed by atoms with Crippen LogP contribution in [-0.4, -0.2) is 65.4 Å². The van der Waals surface area contributed by atoms with E-state index in [4.69, 9.17) is 25.4 Å². The molecule has 6 nitrogen and oxygen atoms in total. The Morgan fingerprint density at radius 1 is 1.03 bits per heavy atom. The minimum absolute atomic E-state index is 0.331. The molecule has 0 aromatic heterocycles. The normalized spacial score (nSPS) is 22.1. The quantitative estimate of drug-likeness (QED) is 0.454. The van der Waals surface area contributed by atoms with E-state index < -0.39 is 0 Å². The molecule has 0 bridgehead atoms. The molecular formula is C23H32N2O4. The van der Waals surface area contributed by atoms with Gasteiger partial charge in [-0.25, -0.2) is 0 Å². The Balaban J connectivity index is 1.24. The Labute approximate surface area is 173 Å². The molecule has 1 N–H and O–H groups in total. The van der Waals surface area contributed by atoms with Crippen LogP contribution in [0, 0.1) is 12.3 Å². The number of rotatable bonds is 11. The van der Waals surface area contributed by atoms with Gasteiger partial charge in [0.05, 0.1) is 33.0 Å². The van der Waals surface area contributed by atoms with Crippen LogP contribution >= 0.6 is 0 Å². The molecule has 3 aliphatic rings. The highest BCUT2D eigenvalue weighted by molar-refractivity contribution is 5.71. The topological polar surface area (TPSA) is 52.2 Å². The molecule has 1 fully saturated rings. The van der Waals surface area contributed by atoms with E-state index in [0.717, 1.165) is 25.4 Å². The van der Waals surface area contributed by atoms with Crippen molar-refractivity contribution in [3.63, 3.8) is 0 Å². The lowest BCUT2D eigenvalue weighted by atomic mass is 9.95. The highest BCUT2D eigenvalue weighted by Crippen LogP contribution is 2.54. The SMILES string of the molecule is C#CCOCCOCCOCCOc1ccc2c3c1C1CCCC1N3CCNC2. The molecule has 0 amide bonds. The van der Waals surface area contributed by atoms with Gasteiger partial charge < -0.3 is 29.2 Å². The van der Waals surface area contributed by atoms with Gasteiger partial charge in [0.1, 0.15) is 19.0 Å². The van der Waals surface area contributed by atoms with Crippen molar-refractivity contribution in [2.24, 2.45) is 0 Å². The number of anilines is 1. The summed E-state index contributed by atoms with van der Waals surface area (Å²) in [6.07, 6.45) is 9.01. The fourth-order valence-electron chi connectivity index (χ4n) is 4.90. The number of benzene rings is 1. The Morgan fingerprint density at radius 3 is 2.66 bits per heavy atom. The summed E-state index contributed by atoms with van der Waals surface area (Å²) in [5, 5.41) is 3.55. The first-order valence-electron chi connectivity index (χ1n) is 10.8.